The van der Waals surface area contributed by atoms with E-state index in [1.54, 1.807) is 16.2 Å². The Morgan fingerprint density at radius 2 is 1.96 bits per heavy atom. The smallest absolute Gasteiger partial charge is 0.223 e. The van der Waals surface area contributed by atoms with Crippen LogP contribution in [0.4, 0.5) is 0 Å². The van der Waals surface area contributed by atoms with Crippen LogP contribution in [0.5, 0.6) is 0 Å². The predicted octanol–water partition coefficient (Wildman–Crippen LogP) is 4.52. The summed E-state index contributed by atoms with van der Waals surface area (Å²) in [5.41, 5.74) is 1.20. The average Bonchev–Trinajstić information content (AvgIpc) is 3.15. The molecule has 0 bridgehead atoms. The van der Waals surface area contributed by atoms with Crippen molar-refractivity contribution in [1.29, 1.82) is 0 Å². The van der Waals surface area contributed by atoms with Gasteiger partial charge < -0.3 is 4.90 Å². The van der Waals surface area contributed by atoms with Crippen LogP contribution in [0.25, 0.3) is 10.1 Å². The van der Waals surface area contributed by atoms with Crippen LogP contribution >= 0.6 is 11.3 Å². The summed E-state index contributed by atoms with van der Waals surface area (Å²) in [5, 5.41) is 3.37. The van der Waals surface area contributed by atoms with Gasteiger partial charge in [-0.2, -0.15) is 0 Å². The van der Waals surface area contributed by atoms with Crippen molar-refractivity contribution in [3.8, 4) is 0 Å². The predicted molar refractivity (Wildman–Crippen MR) is 113 cm³/mol. The minimum absolute atomic E-state index is 0.0245. The monoisotopic (exact) mass is 407 g/mol. The molecule has 1 aromatic carbocycles. The number of hydrogen-bond donors (Lipinski definition) is 0. The van der Waals surface area contributed by atoms with Crippen LogP contribution in [0, 0.1) is 17.8 Å². The third-order valence-corrected chi connectivity index (χ3v) is 8.41. The van der Waals surface area contributed by atoms with Gasteiger partial charge in [0.25, 0.3) is 0 Å². The first-order chi connectivity index (χ1) is 12.7. The third-order valence-electron chi connectivity index (χ3n) is 5.43. The molecule has 2 aromatic rings. The Labute approximate surface area is 166 Å². The lowest BCUT2D eigenvalue weighted by Crippen LogP contribution is -2.34. The zero-order valence-electron chi connectivity index (χ0n) is 16.5. The first-order valence-electron chi connectivity index (χ1n) is 9.62. The number of thiophene rings is 1. The summed E-state index contributed by atoms with van der Waals surface area (Å²) in [6, 6.07) is 8.32. The molecular weight excluding hydrogens is 378 g/mol. The molecule has 148 valence electrons. The highest BCUT2D eigenvalue weighted by Crippen LogP contribution is 2.51. The Kier molecular flexibility index (Phi) is 5.96. The number of sulfone groups is 1. The van der Waals surface area contributed by atoms with Crippen LogP contribution in [-0.4, -0.2) is 37.8 Å². The van der Waals surface area contributed by atoms with Gasteiger partial charge >= 0.3 is 0 Å². The zero-order chi connectivity index (χ0) is 19.8. The second-order valence-electron chi connectivity index (χ2n) is 8.27. The second kappa shape index (κ2) is 7.92. The molecule has 1 aromatic heterocycles. The molecule has 1 amide bonds. The normalized spacial score (nSPS) is 20.8. The number of fused-ring (bicyclic) bond motifs is 1. The molecular formula is C21H29NO3S2. The Balaban J connectivity index is 1.78. The molecule has 0 radical (unpaired) electrons. The summed E-state index contributed by atoms with van der Waals surface area (Å²) in [5.74, 6) is 1.12. The van der Waals surface area contributed by atoms with E-state index < -0.39 is 9.84 Å². The lowest BCUT2D eigenvalue weighted by molar-refractivity contribution is -0.132. The standard InChI is InChI=1S/C21H29NO3S2/c1-14(2)13-27(24,25)10-9-20(23)22(4)21(17-11-15(17)3)18-12-26-19-8-6-5-7-16(18)19/h5-8,12,14-15,17,21H,9-11,13H2,1-4H3/t15-,17+,21+/m1/s1. The average molecular weight is 408 g/mol. The molecule has 3 rings (SSSR count). The Morgan fingerprint density at radius 1 is 1.30 bits per heavy atom. The quantitative estimate of drug-likeness (QED) is 0.646. The van der Waals surface area contributed by atoms with Crippen molar-refractivity contribution in [3.63, 3.8) is 0 Å². The minimum atomic E-state index is -3.18. The molecule has 0 saturated heterocycles. The van der Waals surface area contributed by atoms with Gasteiger partial charge in [-0.15, -0.1) is 11.3 Å². The number of carbonyl (C=O) groups excluding carboxylic acids is 1. The number of carbonyl (C=O) groups is 1. The molecule has 3 atom stereocenters. The third kappa shape index (κ3) is 4.72. The van der Waals surface area contributed by atoms with Crippen LogP contribution in [0.3, 0.4) is 0 Å². The van der Waals surface area contributed by atoms with Crippen LogP contribution in [0.2, 0.25) is 0 Å². The SMILES string of the molecule is CC(C)CS(=O)(=O)CCC(=O)N(C)[C@H](c1csc2ccccc12)[C@H]1C[C@H]1C. The van der Waals surface area contributed by atoms with E-state index in [1.165, 1.54) is 15.6 Å². The van der Waals surface area contributed by atoms with Gasteiger partial charge in [-0.25, -0.2) is 8.42 Å². The Hall–Kier alpha value is -1.40. The van der Waals surface area contributed by atoms with E-state index in [4.69, 9.17) is 0 Å². The molecule has 0 spiro atoms. The molecule has 1 fully saturated rings. The van der Waals surface area contributed by atoms with Gasteiger partial charge in [-0.3, -0.25) is 4.79 Å². The maximum atomic E-state index is 12.9. The van der Waals surface area contributed by atoms with Gasteiger partial charge in [-0.1, -0.05) is 39.0 Å². The van der Waals surface area contributed by atoms with E-state index in [0.717, 1.165) is 6.42 Å². The summed E-state index contributed by atoms with van der Waals surface area (Å²) in [6.45, 7) is 5.99. The van der Waals surface area contributed by atoms with Gasteiger partial charge in [0.15, 0.2) is 9.84 Å². The van der Waals surface area contributed by atoms with E-state index in [-0.39, 0.29) is 35.8 Å². The molecule has 27 heavy (non-hydrogen) atoms. The van der Waals surface area contributed by atoms with E-state index in [1.807, 2.05) is 33.0 Å². The fraction of sp³-hybridized carbons (Fsp3) is 0.571. The highest BCUT2D eigenvalue weighted by molar-refractivity contribution is 7.91. The fourth-order valence-corrected chi connectivity index (χ4v) is 6.57. The lowest BCUT2D eigenvalue weighted by atomic mass is 9.98. The number of rotatable bonds is 8. The van der Waals surface area contributed by atoms with E-state index in [0.29, 0.717) is 11.8 Å². The van der Waals surface area contributed by atoms with Crippen LogP contribution in [0.1, 0.15) is 45.2 Å². The zero-order valence-corrected chi connectivity index (χ0v) is 18.1. The van der Waals surface area contributed by atoms with Gasteiger partial charge in [0.2, 0.25) is 5.91 Å². The van der Waals surface area contributed by atoms with Crippen molar-refractivity contribution in [3.05, 3.63) is 35.2 Å². The molecule has 1 heterocycles. The van der Waals surface area contributed by atoms with Gasteiger partial charge in [-0.05, 0) is 46.6 Å². The van der Waals surface area contributed by atoms with Gasteiger partial charge in [0.05, 0.1) is 17.5 Å². The van der Waals surface area contributed by atoms with Crippen molar-refractivity contribution in [2.24, 2.45) is 17.8 Å². The van der Waals surface area contributed by atoms with Crippen LogP contribution < -0.4 is 0 Å². The first-order valence-corrected chi connectivity index (χ1v) is 12.3. The molecule has 6 heteroatoms. The second-order valence-corrected chi connectivity index (χ2v) is 11.4. The van der Waals surface area contributed by atoms with E-state index in [2.05, 4.69) is 24.4 Å². The largest absolute Gasteiger partial charge is 0.338 e. The van der Waals surface area contributed by atoms with E-state index in [9.17, 15) is 13.2 Å². The molecule has 1 aliphatic rings. The summed E-state index contributed by atoms with van der Waals surface area (Å²) in [6.07, 6.45) is 1.17. The van der Waals surface area contributed by atoms with Crippen LogP contribution in [-0.2, 0) is 14.6 Å². The van der Waals surface area contributed by atoms with Crippen molar-refractivity contribution >= 4 is 37.2 Å². The highest BCUT2D eigenvalue weighted by atomic mass is 32.2. The summed E-state index contributed by atoms with van der Waals surface area (Å²) >= 11 is 1.71. The molecule has 0 aliphatic heterocycles. The molecule has 1 saturated carbocycles. The molecule has 4 nitrogen and oxygen atoms in total. The molecule has 1 aliphatic carbocycles. The topological polar surface area (TPSA) is 54.5 Å². The Morgan fingerprint density at radius 3 is 2.59 bits per heavy atom. The maximum absolute atomic E-state index is 12.9. The number of hydrogen-bond acceptors (Lipinski definition) is 4. The molecule has 0 unspecified atom stereocenters. The molecule has 0 N–H and O–H groups in total. The van der Waals surface area contributed by atoms with Crippen molar-refractivity contribution in [1.82, 2.24) is 4.90 Å². The van der Waals surface area contributed by atoms with Crippen molar-refractivity contribution in [2.45, 2.75) is 39.7 Å². The van der Waals surface area contributed by atoms with Crippen molar-refractivity contribution in [2.75, 3.05) is 18.6 Å². The highest BCUT2D eigenvalue weighted by Gasteiger charge is 2.44. The van der Waals surface area contributed by atoms with Crippen LogP contribution in [0.15, 0.2) is 29.6 Å². The lowest BCUT2D eigenvalue weighted by Gasteiger charge is -2.29. The Bertz CT molecular complexity index is 916. The summed E-state index contributed by atoms with van der Waals surface area (Å²) < 4.78 is 25.6. The van der Waals surface area contributed by atoms with E-state index >= 15 is 0 Å². The first kappa shape index (κ1) is 20.3. The van der Waals surface area contributed by atoms with Crippen molar-refractivity contribution < 1.29 is 13.2 Å². The number of benzene rings is 1. The summed E-state index contributed by atoms with van der Waals surface area (Å²) in [4.78, 5) is 14.7. The minimum Gasteiger partial charge on any atom is -0.338 e. The van der Waals surface area contributed by atoms with Gasteiger partial charge in [0, 0.05) is 18.2 Å². The number of amides is 1. The van der Waals surface area contributed by atoms with Gasteiger partial charge in [0.1, 0.15) is 0 Å². The maximum Gasteiger partial charge on any atom is 0.223 e. The summed E-state index contributed by atoms with van der Waals surface area (Å²) in [7, 11) is -1.35. The fourth-order valence-electron chi connectivity index (χ4n) is 3.91. The number of nitrogens with zero attached hydrogens (tertiary/aromatic N) is 1.